The third-order valence-electron chi connectivity index (χ3n) is 31.0. The van der Waals surface area contributed by atoms with E-state index in [9.17, 15) is 99.6 Å². The fourth-order valence-electron chi connectivity index (χ4n) is 20.5. The lowest BCUT2D eigenvalue weighted by Crippen LogP contribution is -2.63. The van der Waals surface area contributed by atoms with Gasteiger partial charge in [-0.1, -0.05) is 170 Å². The first-order valence-electron chi connectivity index (χ1n) is 48.5. The lowest BCUT2D eigenvalue weighted by molar-refractivity contribution is -0.144. The van der Waals surface area contributed by atoms with Gasteiger partial charge >= 0.3 is 18.2 Å². The summed E-state index contributed by atoms with van der Waals surface area (Å²) >= 11 is 0. The second-order valence-electron chi connectivity index (χ2n) is 49.3. The number of nitrogens with one attached hydrogen (secondary N) is 11. The van der Waals surface area contributed by atoms with Crippen molar-refractivity contribution < 1.29 is 104 Å². The SMILES string of the molecule is C=CC1C[C@]1(NC(=O)[C@@H]1[C@@H]2C(CN1C(=O)[C@@H](NC(=O)N[C@H](CN(C)S(=O)(=O)c1ccccn1)C(C)(C)C)C(C)(C)C)C2(C)C)C(=O)NS(=O)(=O)C1CC1.C=CC1C[C@]1(NC(=O)[C@@H]1[C@@H]2C(CN1C(=O)[C@@H](NC(=O)N[C@H](CN(C)S(C)(=O)=O)C(C)(C)C)C(C)(C)C)C2(C)C)C(=O)NS(=O)(=O)C1CC1.C=CC1C[C@]1(NC(=O)[C@@H]1[C@@H]2C(CN1C(=O)[C@@H](NC(=O)OC(C)(C)C)C(C)(C)C)C2(C)C)C(=O)NS(=O)(=O)C1CC1. The molecular weight excluding hydrogens is 1920 g/mol. The van der Waals surface area contributed by atoms with Crippen LogP contribution < -0.4 is 56.7 Å². The monoisotopic (exact) mass is 2070 g/mol. The molecule has 14 amide bonds. The minimum absolute atomic E-state index is 0.00654. The molecule has 0 radical (unpaired) electrons. The van der Waals surface area contributed by atoms with Crippen molar-refractivity contribution in [3.05, 3.63) is 62.4 Å². The predicted octanol–water partition coefficient (Wildman–Crippen LogP) is 5.22. The zero-order valence-electron chi connectivity index (χ0n) is 86.7. The van der Waals surface area contributed by atoms with E-state index >= 15 is 0 Å². The molecule has 12 fully saturated rings. The molecule has 11 N–H and O–H groups in total. The van der Waals surface area contributed by atoms with Crippen LogP contribution in [0.25, 0.3) is 0 Å². The molecule has 9 aliphatic carbocycles. The molecule has 40 nitrogen and oxygen atoms in total. The maximum atomic E-state index is 14.5. The first-order chi connectivity index (χ1) is 64.1. The molecule has 9 saturated carbocycles. The molecule has 4 heterocycles. The largest absolute Gasteiger partial charge is 0.444 e. The van der Waals surface area contributed by atoms with Gasteiger partial charge in [-0.2, -0.15) is 4.31 Å². The second-order valence-corrected chi connectivity index (χ2v) is 59.3. The Morgan fingerprint density at radius 2 is 0.716 bits per heavy atom. The fraction of sp³-hybridized carbons (Fsp3) is 0.760. The number of hydrogen-bond acceptors (Lipinski definition) is 24. The van der Waals surface area contributed by atoms with Gasteiger partial charge in [0.1, 0.15) is 58.5 Å². The minimum Gasteiger partial charge on any atom is -0.444 e. The maximum Gasteiger partial charge on any atom is 0.408 e. The Morgan fingerprint density at radius 1 is 0.433 bits per heavy atom. The molecule has 0 aromatic carbocycles. The van der Waals surface area contributed by atoms with Crippen molar-refractivity contribution in [2.45, 2.75) is 315 Å². The van der Waals surface area contributed by atoms with Crippen LogP contribution in [0.3, 0.4) is 0 Å². The van der Waals surface area contributed by atoms with Crippen molar-refractivity contribution in [2.24, 2.45) is 96.6 Å². The highest BCUT2D eigenvalue weighted by molar-refractivity contribution is 7.91. The van der Waals surface area contributed by atoms with Crippen molar-refractivity contribution in [3.63, 3.8) is 0 Å². The van der Waals surface area contributed by atoms with Crippen LogP contribution in [0.2, 0.25) is 0 Å². The number of urea groups is 2. The van der Waals surface area contributed by atoms with Gasteiger partial charge in [0.15, 0.2) is 5.03 Å². The highest BCUT2D eigenvalue weighted by Gasteiger charge is 2.75. The number of fused-ring (bicyclic) bond motifs is 3. The third kappa shape index (κ3) is 23.9. The summed E-state index contributed by atoms with van der Waals surface area (Å²) in [5.74, 6) is -7.30. The smallest absolute Gasteiger partial charge is 0.408 e. The van der Waals surface area contributed by atoms with Crippen molar-refractivity contribution in [3.8, 4) is 0 Å². The molecule has 6 unspecified atom stereocenters. The first-order valence-corrected chi connectivity index (χ1v) is 56.4. The number of carbonyl (C=O) groups excluding carboxylic acids is 12. The van der Waals surface area contributed by atoms with Crippen LogP contribution >= 0.6 is 0 Å². The fourth-order valence-corrected chi connectivity index (χ4v) is 26.1. The summed E-state index contributed by atoms with van der Waals surface area (Å²) in [7, 11) is -16.2. The number of rotatable bonds is 33. The van der Waals surface area contributed by atoms with E-state index in [4.69, 9.17) is 4.74 Å². The van der Waals surface area contributed by atoms with Crippen LogP contribution in [-0.4, -0.2) is 281 Å². The number of carbonyl (C=O) groups is 12. The number of likely N-dealkylation sites (tertiary alicyclic amines) is 3. The van der Waals surface area contributed by atoms with Crippen LogP contribution in [-0.2, 0) is 98.0 Å². The summed E-state index contributed by atoms with van der Waals surface area (Å²) in [6.45, 7) is 56.8. The van der Waals surface area contributed by atoms with Gasteiger partial charge in [0, 0.05) is 82.9 Å². The molecule has 45 heteroatoms. The van der Waals surface area contributed by atoms with Gasteiger partial charge in [-0.3, -0.25) is 57.3 Å². The Kier molecular flexibility index (Phi) is 30.4. The average molecular weight is 2070 g/mol. The number of ether oxygens (including phenoxy) is 1. The Morgan fingerprint density at radius 3 is 0.950 bits per heavy atom. The first kappa shape index (κ1) is 112. The van der Waals surface area contributed by atoms with Crippen LogP contribution in [0.4, 0.5) is 14.4 Å². The molecule has 20 atom stereocenters. The molecule has 0 spiro atoms. The van der Waals surface area contributed by atoms with Gasteiger partial charge in [-0.05, 0) is 170 Å². The van der Waals surface area contributed by atoms with Gasteiger partial charge in [0.05, 0.1) is 22.0 Å². The van der Waals surface area contributed by atoms with Crippen LogP contribution in [0.15, 0.2) is 67.4 Å². The van der Waals surface area contributed by atoms with E-state index in [1.807, 2.05) is 104 Å². The van der Waals surface area contributed by atoms with Crippen LogP contribution in [0, 0.1) is 96.6 Å². The molecule has 1 aromatic rings. The summed E-state index contributed by atoms with van der Waals surface area (Å²) in [6, 6.07) is -4.00. The van der Waals surface area contributed by atoms with Gasteiger partial charge in [-0.15, -0.1) is 19.7 Å². The highest BCUT2D eigenvalue weighted by Crippen LogP contribution is 2.68. The summed E-state index contributed by atoms with van der Waals surface area (Å²) in [4.78, 5) is 173. The number of nitrogens with zero attached hydrogens (tertiary/aromatic N) is 6. The number of hydrogen-bond donors (Lipinski definition) is 11. The number of aromatic nitrogens is 1. The zero-order chi connectivity index (χ0) is 106. The summed E-state index contributed by atoms with van der Waals surface area (Å²) < 4.78 is 140. The Bertz CT molecular complexity index is 5770. The van der Waals surface area contributed by atoms with Crippen LogP contribution in [0.5, 0.6) is 0 Å². The van der Waals surface area contributed by atoms with E-state index in [1.165, 1.54) is 59.3 Å². The van der Waals surface area contributed by atoms with Crippen molar-refractivity contribution in [2.75, 3.05) is 53.1 Å². The van der Waals surface area contributed by atoms with E-state index in [0.717, 1.165) is 14.9 Å². The van der Waals surface area contributed by atoms with Crippen molar-refractivity contribution >= 4 is 121 Å². The number of alkyl carbamates (subject to hydrolysis) is 1. The molecule has 3 aliphatic heterocycles. The molecule has 13 rings (SSSR count). The number of piperidine rings is 3. The van der Waals surface area contributed by atoms with Crippen molar-refractivity contribution in [1.29, 1.82) is 0 Å². The minimum atomic E-state index is -3.96. The number of sulfonamides is 5. The van der Waals surface area contributed by atoms with E-state index < -0.39 is 253 Å². The Balaban J connectivity index is 0.000000204. The van der Waals surface area contributed by atoms with Gasteiger partial charge in [0.2, 0.25) is 75.5 Å². The third-order valence-corrected chi connectivity index (χ3v) is 39.5. The normalized spacial score (nSPS) is 29.2. The lowest BCUT2D eigenvalue weighted by atomic mass is 9.85. The van der Waals surface area contributed by atoms with E-state index in [-0.39, 0.29) is 102 Å². The second kappa shape index (κ2) is 38.2. The summed E-state index contributed by atoms with van der Waals surface area (Å²) in [5, 5.41) is 20.6. The summed E-state index contributed by atoms with van der Waals surface area (Å²) in [6.07, 6.45) is 9.74. The molecule has 3 saturated heterocycles. The molecular formula is C96H153N17O23S5. The van der Waals surface area contributed by atoms with Gasteiger partial charge in [-0.25, -0.2) is 65.8 Å². The van der Waals surface area contributed by atoms with E-state index in [2.05, 4.69) is 81.4 Å². The van der Waals surface area contributed by atoms with E-state index in [1.54, 1.807) is 74.4 Å². The Labute approximate surface area is 832 Å². The molecule has 790 valence electrons. The lowest BCUT2D eigenvalue weighted by Gasteiger charge is -2.39. The predicted molar refractivity (Wildman–Crippen MR) is 527 cm³/mol. The van der Waals surface area contributed by atoms with Gasteiger partial charge in [0.25, 0.3) is 27.7 Å². The number of likely N-dealkylation sites (N-methyl/N-ethyl adjacent to an activating group) is 2. The Hall–Kier alpha value is -8.92. The highest BCUT2D eigenvalue weighted by atomic mass is 32.2. The quantitative estimate of drug-likeness (QED) is 0.0402. The van der Waals surface area contributed by atoms with Gasteiger partial charge < -0.3 is 62.0 Å². The average Bonchev–Trinajstić information content (AvgIpc) is 1.52. The zero-order valence-corrected chi connectivity index (χ0v) is 90.8. The van der Waals surface area contributed by atoms with E-state index in [0.29, 0.717) is 45.1 Å². The van der Waals surface area contributed by atoms with Crippen LogP contribution in [0.1, 0.15) is 224 Å². The molecule has 141 heavy (non-hydrogen) atoms. The summed E-state index contributed by atoms with van der Waals surface area (Å²) in [5.41, 5.74) is -9.36. The molecule has 12 aliphatic rings. The number of amides is 14. The maximum absolute atomic E-state index is 14.5. The molecule has 1 aromatic heterocycles. The standard InChI is InChI=1S/C36H55N7O8S2.C32H54N6O8S2.C28H44N4O7S/c1-11-21-18-36(21,31(46)41-52(48,49)22-15-16-22)40-29(44)27-26-23(35(26,8)9)19-43(27)30(45)28(34(5,6)7)39-32(47)38-24(33(2,3)4)20-42(10)53(50,51)25-14-12-13-17-37-25;1-12-18-15-32(18,27(41)36-48(45,46)19-13-14-19)35-25(39)23-22-20(31(22,8)9)16-38(23)26(40)24(30(5,6)7)34-28(42)33-21(29(2,3)4)17-37(10)47(11,43)44;1-10-15-13-28(15,23(35)31-40(37,38)16-11-12-16)30-21(33)19-18-17(27(18,8)9)14-32(19)22(34)20(25(2,3)4)29-24(36)39-26(5,6)7/h11-14,17,21-24,26-28H,1,15-16,18-20H2,2-10H3,(H,40,44)(H,41,46)(H2,38,39,47);12,18-24H,1,13-17H2,2-11H3,(H,35,39)(H,36,41)(H2,33,34,42);10,15-20H,1,11-14H2,2-9H3,(H,29,36)(H,30,33)(H,31,35)/t21?,23?,24-,26+,27+,28-,36-;18?,20?,21-,22+,23+,24-,32-;15?,17?,18-,19-,20+,28+/m110/s1. The topological polar surface area (TPSA) is 546 Å². The number of pyridine rings is 1. The molecule has 0 bridgehead atoms. The van der Waals surface area contributed by atoms with Crippen molar-refractivity contribution in [1.82, 2.24) is 85.0 Å².